The summed E-state index contributed by atoms with van der Waals surface area (Å²) in [7, 11) is -4.04. The Bertz CT molecular complexity index is 1170. The van der Waals surface area contributed by atoms with Gasteiger partial charge in [-0.05, 0) is 67.9 Å². The van der Waals surface area contributed by atoms with Crippen molar-refractivity contribution in [3.8, 4) is 0 Å². The molecule has 3 N–H and O–H groups in total. The summed E-state index contributed by atoms with van der Waals surface area (Å²) in [6, 6.07) is 19.0. The monoisotopic (exact) mass is 423 g/mol. The van der Waals surface area contributed by atoms with E-state index in [0.29, 0.717) is 11.4 Å². The topological polar surface area (TPSA) is 104 Å². The van der Waals surface area contributed by atoms with Gasteiger partial charge in [0.15, 0.2) is 0 Å². The highest BCUT2D eigenvalue weighted by atomic mass is 32.2. The Morgan fingerprint density at radius 2 is 1.37 bits per heavy atom. The van der Waals surface area contributed by atoms with E-state index >= 15 is 0 Å². The Hall–Kier alpha value is -3.65. The van der Waals surface area contributed by atoms with Crippen molar-refractivity contribution in [3.63, 3.8) is 0 Å². The van der Waals surface area contributed by atoms with Crippen LogP contribution in [0.2, 0.25) is 0 Å². The molecule has 0 radical (unpaired) electrons. The molecule has 0 heterocycles. The molecule has 0 spiro atoms. The van der Waals surface area contributed by atoms with E-state index in [4.69, 9.17) is 0 Å². The van der Waals surface area contributed by atoms with E-state index in [-0.39, 0.29) is 10.5 Å². The van der Waals surface area contributed by atoms with E-state index in [1.54, 1.807) is 30.3 Å². The van der Waals surface area contributed by atoms with Crippen LogP contribution < -0.4 is 15.4 Å². The molecule has 0 aliphatic heterocycles. The predicted molar refractivity (Wildman–Crippen MR) is 116 cm³/mol. The summed E-state index contributed by atoms with van der Waals surface area (Å²) < 4.78 is 27.0. The number of nitrogens with one attached hydrogen (secondary N) is 3. The SMILES string of the molecule is Cc1ccc(C(=O)NS(=O)(=O)c2ccc(NC(=O)Nc3cccc(C)c3)cc2)cc1. The molecule has 0 bridgehead atoms. The number of hydrogen-bond donors (Lipinski definition) is 3. The van der Waals surface area contributed by atoms with Gasteiger partial charge in [-0.3, -0.25) is 4.79 Å². The second-order valence-electron chi connectivity index (χ2n) is 6.77. The van der Waals surface area contributed by atoms with E-state index in [0.717, 1.165) is 11.1 Å². The first kappa shape index (κ1) is 21.1. The summed E-state index contributed by atoms with van der Waals surface area (Å²) >= 11 is 0. The van der Waals surface area contributed by atoms with E-state index in [9.17, 15) is 18.0 Å². The molecule has 0 aliphatic carbocycles. The van der Waals surface area contributed by atoms with E-state index in [2.05, 4.69) is 10.6 Å². The number of benzene rings is 3. The summed E-state index contributed by atoms with van der Waals surface area (Å²) in [5.74, 6) is -0.713. The zero-order valence-corrected chi connectivity index (χ0v) is 17.3. The van der Waals surface area contributed by atoms with Crippen molar-refractivity contribution in [3.05, 3.63) is 89.5 Å². The summed E-state index contributed by atoms with van der Waals surface area (Å²) in [6.07, 6.45) is 0. The number of rotatable bonds is 5. The van der Waals surface area contributed by atoms with Crippen molar-refractivity contribution >= 4 is 33.3 Å². The number of carbonyl (C=O) groups is 2. The molecule has 0 atom stereocenters. The molecule has 3 aromatic carbocycles. The molecule has 7 nitrogen and oxygen atoms in total. The van der Waals surface area contributed by atoms with Crippen molar-refractivity contribution in [2.75, 3.05) is 10.6 Å². The molecule has 154 valence electrons. The molecule has 3 amide bonds. The number of amides is 3. The van der Waals surface area contributed by atoms with Gasteiger partial charge < -0.3 is 10.6 Å². The van der Waals surface area contributed by atoms with Gasteiger partial charge in [0.2, 0.25) is 0 Å². The molecule has 0 aromatic heterocycles. The zero-order chi connectivity index (χ0) is 21.7. The van der Waals surface area contributed by atoms with Crippen LogP contribution >= 0.6 is 0 Å². The summed E-state index contributed by atoms with van der Waals surface area (Å²) in [5, 5.41) is 5.33. The van der Waals surface area contributed by atoms with Crippen LogP contribution in [0.15, 0.2) is 77.7 Å². The van der Waals surface area contributed by atoms with Crippen molar-refractivity contribution in [1.82, 2.24) is 4.72 Å². The fraction of sp³-hybridized carbons (Fsp3) is 0.0909. The van der Waals surface area contributed by atoms with Crippen LogP contribution in [0.4, 0.5) is 16.2 Å². The fourth-order valence-corrected chi connectivity index (χ4v) is 3.65. The van der Waals surface area contributed by atoms with Gasteiger partial charge in [-0.1, -0.05) is 29.8 Å². The lowest BCUT2D eigenvalue weighted by Gasteiger charge is -2.10. The van der Waals surface area contributed by atoms with E-state index < -0.39 is 22.0 Å². The van der Waals surface area contributed by atoms with Gasteiger partial charge >= 0.3 is 6.03 Å². The van der Waals surface area contributed by atoms with Crippen LogP contribution in [0.5, 0.6) is 0 Å². The minimum atomic E-state index is -4.04. The highest BCUT2D eigenvalue weighted by molar-refractivity contribution is 7.90. The third-order valence-electron chi connectivity index (χ3n) is 4.24. The Morgan fingerprint density at radius 1 is 0.733 bits per heavy atom. The molecular formula is C22H21N3O4S. The van der Waals surface area contributed by atoms with Crippen LogP contribution in [0, 0.1) is 13.8 Å². The fourth-order valence-electron chi connectivity index (χ4n) is 2.68. The normalized spacial score (nSPS) is 10.9. The molecule has 3 rings (SSSR count). The van der Waals surface area contributed by atoms with Crippen molar-refractivity contribution in [2.45, 2.75) is 18.7 Å². The molecule has 0 aliphatic rings. The third kappa shape index (κ3) is 5.45. The largest absolute Gasteiger partial charge is 0.323 e. The Kier molecular flexibility index (Phi) is 6.17. The molecule has 0 fully saturated rings. The van der Waals surface area contributed by atoms with Gasteiger partial charge in [-0.2, -0.15) is 0 Å². The Balaban J connectivity index is 1.64. The van der Waals surface area contributed by atoms with Crippen molar-refractivity contribution in [2.24, 2.45) is 0 Å². The lowest BCUT2D eigenvalue weighted by Crippen LogP contribution is -2.30. The maximum absolute atomic E-state index is 12.5. The summed E-state index contributed by atoms with van der Waals surface area (Å²) in [6.45, 7) is 3.79. The molecule has 8 heteroatoms. The minimum absolute atomic E-state index is 0.0902. The van der Waals surface area contributed by atoms with Crippen LogP contribution in [0.3, 0.4) is 0 Å². The van der Waals surface area contributed by atoms with Gasteiger partial charge in [0.25, 0.3) is 15.9 Å². The average Bonchev–Trinajstić information content (AvgIpc) is 2.68. The zero-order valence-electron chi connectivity index (χ0n) is 16.5. The number of anilines is 2. The molecule has 0 saturated heterocycles. The number of aryl methyl sites for hydroxylation is 2. The lowest BCUT2D eigenvalue weighted by atomic mass is 10.1. The van der Waals surface area contributed by atoms with E-state index in [1.807, 2.05) is 36.8 Å². The summed E-state index contributed by atoms with van der Waals surface area (Å²) in [4.78, 5) is 24.2. The van der Waals surface area contributed by atoms with E-state index in [1.165, 1.54) is 24.3 Å². The van der Waals surface area contributed by atoms with Crippen LogP contribution in [0.25, 0.3) is 0 Å². The standard InChI is InChI=1S/C22H21N3O4S/c1-15-6-8-17(9-7-15)21(26)25-30(28,29)20-12-10-18(11-13-20)23-22(27)24-19-5-3-4-16(2)14-19/h3-14H,1-2H3,(H,25,26)(H2,23,24,27). The minimum Gasteiger partial charge on any atom is -0.308 e. The smallest absolute Gasteiger partial charge is 0.308 e. The Morgan fingerprint density at radius 3 is 2.00 bits per heavy atom. The van der Waals surface area contributed by atoms with Gasteiger partial charge in [-0.25, -0.2) is 17.9 Å². The van der Waals surface area contributed by atoms with Crippen molar-refractivity contribution in [1.29, 1.82) is 0 Å². The second kappa shape index (κ2) is 8.79. The summed E-state index contributed by atoms with van der Waals surface area (Å²) in [5.41, 5.74) is 3.27. The number of urea groups is 1. The maximum Gasteiger partial charge on any atom is 0.323 e. The third-order valence-corrected chi connectivity index (χ3v) is 5.59. The van der Waals surface area contributed by atoms with Crippen LogP contribution in [-0.2, 0) is 10.0 Å². The average molecular weight is 423 g/mol. The van der Waals surface area contributed by atoms with Gasteiger partial charge in [-0.15, -0.1) is 0 Å². The predicted octanol–water partition coefficient (Wildman–Crippen LogP) is 4.07. The molecular weight excluding hydrogens is 402 g/mol. The second-order valence-corrected chi connectivity index (χ2v) is 8.46. The number of sulfonamides is 1. The van der Waals surface area contributed by atoms with Gasteiger partial charge in [0.05, 0.1) is 4.90 Å². The Labute approximate surface area is 175 Å². The quantitative estimate of drug-likeness (QED) is 0.575. The van der Waals surface area contributed by atoms with Crippen molar-refractivity contribution < 1.29 is 18.0 Å². The highest BCUT2D eigenvalue weighted by Gasteiger charge is 2.18. The molecule has 30 heavy (non-hydrogen) atoms. The molecule has 0 unspecified atom stereocenters. The maximum atomic E-state index is 12.5. The van der Waals surface area contributed by atoms with Crippen LogP contribution in [0.1, 0.15) is 21.5 Å². The van der Waals surface area contributed by atoms with Gasteiger partial charge in [0.1, 0.15) is 0 Å². The van der Waals surface area contributed by atoms with Gasteiger partial charge in [0, 0.05) is 16.9 Å². The first-order chi connectivity index (χ1) is 14.2. The highest BCUT2D eigenvalue weighted by Crippen LogP contribution is 2.16. The molecule has 3 aromatic rings. The lowest BCUT2D eigenvalue weighted by molar-refractivity contribution is 0.0981. The number of hydrogen-bond acceptors (Lipinski definition) is 4. The van der Waals surface area contributed by atoms with Crippen LogP contribution in [-0.4, -0.2) is 20.4 Å². The number of carbonyl (C=O) groups excluding carboxylic acids is 2. The molecule has 0 saturated carbocycles. The first-order valence-electron chi connectivity index (χ1n) is 9.11. The first-order valence-corrected chi connectivity index (χ1v) is 10.6.